The smallest absolute Gasteiger partial charge is 0.339 e. The number of hydrogen-bond donors (Lipinski definition) is 1. The summed E-state index contributed by atoms with van der Waals surface area (Å²) in [6.45, 7) is 1.47. The highest BCUT2D eigenvalue weighted by atomic mass is 19.1. The number of nitrogens with zero attached hydrogens (tertiary/aromatic N) is 2. The van der Waals surface area contributed by atoms with E-state index in [-0.39, 0.29) is 23.3 Å². The van der Waals surface area contributed by atoms with E-state index in [1.807, 2.05) is 0 Å². The molecule has 4 rings (SSSR count). The van der Waals surface area contributed by atoms with Crippen molar-refractivity contribution in [2.24, 2.45) is 0 Å². The summed E-state index contributed by atoms with van der Waals surface area (Å²) in [4.78, 5) is 41.0. The lowest BCUT2D eigenvalue weighted by Gasteiger charge is -2.35. The van der Waals surface area contributed by atoms with E-state index in [1.54, 1.807) is 70.5 Å². The number of carbonyl (C=O) groups excluding carboxylic acids is 3. The number of amides is 3. The summed E-state index contributed by atoms with van der Waals surface area (Å²) in [6, 6.07) is 19.3. The van der Waals surface area contributed by atoms with E-state index < -0.39 is 5.97 Å². The fourth-order valence-corrected chi connectivity index (χ4v) is 3.89. The Kier molecular flexibility index (Phi) is 6.87. The summed E-state index contributed by atoms with van der Waals surface area (Å²) in [7, 11) is 1.28. The van der Waals surface area contributed by atoms with Crippen molar-refractivity contribution in [3.63, 3.8) is 0 Å². The minimum atomic E-state index is -0.544. The Labute approximate surface area is 196 Å². The van der Waals surface area contributed by atoms with Crippen LogP contribution in [0, 0.1) is 5.82 Å². The zero-order valence-corrected chi connectivity index (χ0v) is 18.7. The lowest BCUT2D eigenvalue weighted by atomic mass is 10.1. The molecule has 3 aromatic carbocycles. The van der Waals surface area contributed by atoms with Crippen LogP contribution in [0.25, 0.3) is 0 Å². The highest BCUT2D eigenvalue weighted by molar-refractivity contribution is 6.08. The van der Waals surface area contributed by atoms with Crippen LogP contribution in [0.4, 0.5) is 20.6 Å². The van der Waals surface area contributed by atoms with Crippen LogP contribution < -0.4 is 10.2 Å². The number of hydrogen-bond acceptors (Lipinski definition) is 4. The molecular weight excluding hydrogens is 437 g/mol. The maximum Gasteiger partial charge on any atom is 0.339 e. The van der Waals surface area contributed by atoms with E-state index in [1.165, 1.54) is 19.2 Å². The number of methoxy groups -OCH3 is 1. The average molecular weight is 461 g/mol. The second-order valence-corrected chi connectivity index (χ2v) is 7.88. The van der Waals surface area contributed by atoms with Gasteiger partial charge in [0.25, 0.3) is 5.91 Å². The molecule has 1 aliphatic heterocycles. The molecule has 1 N–H and O–H groups in total. The molecule has 174 valence electrons. The van der Waals surface area contributed by atoms with Gasteiger partial charge < -0.3 is 15.0 Å². The number of rotatable bonds is 6. The first-order valence-corrected chi connectivity index (χ1v) is 10.9. The highest BCUT2D eigenvalue weighted by Gasteiger charge is 2.27. The lowest BCUT2D eigenvalue weighted by molar-refractivity contribution is 0.0602. The van der Waals surface area contributed by atoms with Gasteiger partial charge in [0.05, 0.1) is 18.4 Å². The van der Waals surface area contributed by atoms with Gasteiger partial charge in [-0.2, -0.15) is 0 Å². The number of urea groups is 1. The first-order chi connectivity index (χ1) is 16.5. The van der Waals surface area contributed by atoms with Crippen LogP contribution in [-0.2, 0) is 11.3 Å². The van der Waals surface area contributed by atoms with Crippen LogP contribution in [0.1, 0.15) is 32.7 Å². The molecule has 34 heavy (non-hydrogen) atoms. The van der Waals surface area contributed by atoms with Crippen molar-refractivity contribution < 1.29 is 23.5 Å². The molecule has 1 heterocycles. The lowest BCUT2D eigenvalue weighted by Crippen LogP contribution is -2.49. The molecule has 0 atom stereocenters. The molecule has 0 bridgehead atoms. The maximum atomic E-state index is 13.5. The van der Waals surface area contributed by atoms with E-state index >= 15 is 0 Å². The Morgan fingerprint density at radius 3 is 2.50 bits per heavy atom. The van der Waals surface area contributed by atoms with Gasteiger partial charge in [-0.3, -0.25) is 9.69 Å². The van der Waals surface area contributed by atoms with Crippen molar-refractivity contribution in [1.29, 1.82) is 0 Å². The van der Waals surface area contributed by atoms with Gasteiger partial charge in [-0.1, -0.05) is 24.3 Å². The molecule has 3 amide bonds. The molecule has 1 aliphatic rings. The Balaban J connectivity index is 1.45. The Hall–Kier alpha value is -4.20. The zero-order chi connectivity index (χ0) is 24.1. The molecule has 0 aliphatic carbocycles. The topological polar surface area (TPSA) is 79.0 Å². The number of para-hydroxylation sites is 1. The fraction of sp³-hybridized carbons (Fsp3) is 0.192. The van der Waals surface area contributed by atoms with Gasteiger partial charge in [0.15, 0.2) is 0 Å². The number of nitrogens with one attached hydrogen (secondary N) is 1. The van der Waals surface area contributed by atoms with E-state index in [4.69, 9.17) is 4.74 Å². The summed E-state index contributed by atoms with van der Waals surface area (Å²) in [6.07, 6.45) is 0.771. The third-order valence-corrected chi connectivity index (χ3v) is 5.60. The molecule has 0 radical (unpaired) electrons. The van der Waals surface area contributed by atoms with Gasteiger partial charge in [0.2, 0.25) is 0 Å². The van der Waals surface area contributed by atoms with Gasteiger partial charge in [0.1, 0.15) is 5.82 Å². The van der Waals surface area contributed by atoms with Crippen molar-refractivity contribution >= 4 is 29.3 Å². The number of anilines is 2. The number of ether oxygens (including phenoxy) is 1. The molecule has 7 nitrogen and oxygen atoms in total. The van der Waals surface area contributed by atoms with Crippen molar-refractivity contribution in [3.8, 4) is 0 Å². The standard InChI is InChI=1S/C26H24FN3O4/c1-34-25(32)22-8-2-3-9-23(22)28-24(31)19-10-12-21(13-11-19)30-15-5-14-29(26(30)33)17-18-6-4-7-20(27)16-18/h2-4,6-13,16H,5,14-15,17H2,1H3,(H,28,31). The summed E-state index contributed by atoms with van der Waals surface area (Å²) >= 11 is 0. The predicted molar refractivity (Wildman–Crippen MR) is 126 cm³/mol. The SMILES string of the molecule is COC(=O)c1ccccc1NC(=O)c1ccc(N2CCCN(Cc3cccc(F)c3)C2=O)cc1. The van der Waals surface area contributed by atoms with Gasteiger partial charge in [-0.15, -0.1) is 0 Å². The molecule has 1 fully saturated rings. The van der Waals surface area contributed by atoms with E-state index in [0.717, 1.165) is 12.0 Å². The number of halogens is 1. The van der Waals surface area contributed by atoms with Crippen LogP contribution in [0.15, 0.2) is 72.8 Å². The third-order valence-electron chi connectivity index (χ3n) is 5.60. The minimum absolute atomic E-state index is 0.167. The van der Waals surface area contributed by atoms with Crippen LogP contribution in [0.3, 0.4) is 0 Å². The molecule has 0 saturated carbocycles. The normalized spacial score (nSPS) is 13.5. The quantitative estimate of drug-likeness (QED) is 0.540. The van der Waals surface area contributed by atoms with Crippen molar-refractivity contribution in [2.75, 3.05) is 30.4 Å². The van der Waals surface area contributed by atoms with Crippen LogP contribution >= 0.6 is 0 Å². The molecular formula is C26H24FN3O4. The summed E-state index contributed by atoms with van der Waals surface area (Å²) < 4.78 is 18.3. The van der Waals surface area contributed by atoms with E-state index in [9.17, 15) is 18.8 Å². The van der Waals surface area contributed by atoms with Crippen molar-refractivity contribution in [3.05, 3.63) is 95.3 Å². The second kappa shape index (κ2) is 10.2. The summed E-state index contributed by atoms with van der Waals surface area (Å²) in [5, 5.41) is 2.73. The number of benzene rings is 3. The van der Waals surface area contributed by atoms with Crippen molar-refractivity contribution in [2.45, 2.75) is 13.0 Å². The molecule has 0 aromatic heterocycles. The van der Waals surface area contributed by atoms with Gasteiger partial charge in [-0.05, 0) is 60.5 Å². The minimum Gasteiger partial charge on any atom is -0.465 e. The van der Waals surface area contributed by atoms with Crippen molar-refractivity contribution in [1.82, 2.24) is 4.90 Å². The van der Waals surface area contributed by atoms with Crippen LogP contribution in [-0.4, -0.2) is 43.0 Å². The number of esters is 1. The zero-order valence-electron chi connectivity index (χ0n) is 18.7. The molecule has 0 spiro atoms. The first kappa shape index (κ1) is 23.0. The molecule has 3 aromatic rings. The van der Waals surface area contributed by atoms with Crippen LogP contribution in [0.5, 0.6) is 0 Å². The summed E-state index contributed by atoms with van der Waals surface area (Å²) in [5.74, 6) is -1.26. The van der Waals surface area contributed by atoms with Gasteiger partial charge in [0, 0.05) is 30.9 Å². The van der Waals surface area contributed by atoms with Crippen LogP contribution in [0.2, 0.25) is 0 Å². The Morgan fingerprint density at radius 2 is 1.76 bits per heavy atom. The Morgan fingerprint density at radius 1 is 1.00 bits per heavy atom. The van der Waals surface area contributed by atoms with E-state index in [2.05, 4.69) is 5.32 Å². The Bertz CT molecular complexity index is 1210. The molecule has 0 unspecified atom stereocenters. The fourth-order valence-electron chi connectivity index (χ4n) is 3.89. The van der Waals surface area contributed by atoms with Gasteiger partial charge in [-0.25, -0.2) is 14.0 Å². The monoisotopic (exact) mass is 461 g/mol. The maximum absolute atomic E-state index is 13.5. The molecule has 1 saturated heterocycles. The summed E-state index contributed by atoms with van der Waals surface area (Å²) in [5.41, 5.74) is 2.38. The predicted octanol–water partition coefficient (Wildman–Crippen LogP) is 4.70. The number of carbonyl (C=O) groups is 3. The highest BCUT2D eigenvalue weighted by Crippen LogP contribution is 2.23. The van der Waals surface area contributed by atoms with E-state index in [0.29, 0.717) is 36.6 Å². The first-order valence-electron chi connectivity index (χ1n) is 10.9. The largest absolute Gasteiger partial charge is 0.465 e. The van der Waals surface area contributed by atoms with Gasteiger partial charge >= 0.3 is 12.0 Å². The average Bonchev–Trinajstić information content (AvgIpc) is 2.85. The molecule has 8 heteroatoms. The second-order valence-electron chi connectivity index (χ2n) is 7.88. The third kappa shape index (κ3) is 5.06.